The van der Waals surface area contributed by atoms with Gasteiger partial charge in [-0.05, 0) is 43.2 Å². The Kier molecular flexibility index (Phi) is 4.96. The molecule has 4 rings (SSSR count). The molecular weight excluding hydrogens is 395 g/mol. The quantitative estimate of drug-likeness (QED) is 0.703. The molecule has 1 aliphatic rings. The van der Waals surface area contributed by atoms with Gasteiger partial charge in [0.2, 0.25) is 9.84 Å². The van der Waals surface area contributed by atoms with Gasteiger partial charge in [0.1, 0.15) is 5.82 Å². The van der Waals surface area contributed by atoms with Gasteiger partial charge in [0, 0.05) is 24.7 Å². The lowest BCUT2D eigenvalue weighted by molar-refractivity contribution is -0.142. The third kappa shape index (κ3) is 3.67. The van der Waals surface area contributed by atoms with Crippen LogP contribution in [0.2, 0.25) is 0 Å². The smallest absolute Gasteiger partial charge is 0.306 e. The summed E-state index contributed by atoms with van der Waals surface area (Å²) in [4.78, 5) is 17.5. The average Bonchev–Trinajstić information content (AvgIpc) is 2.73. The lowest BCUT2D eigenvalue weighted by atomic mass is 9.96. The summed E-state index contributed by atoms with van der Waals surface area (Å²) < 4.78 is 39.2. The predicted molar refractivity (Wildman–Crippen MR) is 106 cm³/mol. The van der Waals surface area contributed by atoms with E-state index in [1.807, 2.05) is 12.1 Å². The summed E-state index contributed by atoms with van der Waals surface area (Å²) >= 11 is 0. The molecule has 8 heteroatoms. The Morgan fingerprint density at radius 3 is 2.48 bits per heavy atom. The van der Waals surface area contributed by atoms with Crippen molar-refractivity contribution in [1.29, 1.82) is 0 Å². The molecule has 6 nitrogen and oxygen atoms in total. The second kappa shape index (κ2) is 7.44. The van der Waals surface area contributed by atoms with E-state index in [9.17, 15) is 22.7 Å². The first-order valence-corrected chi connectivity index (χ1v) is 10.7. The van der Waals surface area contributed by atoms with Gasteiger partial charge >= 0.3 is 5.97 Å². The molecule has 0 unspecified atom stereocenters. The van der Waals surface area contributed by atoms with Crippen molar-refractivity contribution in [3.63, 3.8) is 0 Å². The van der Waals surface area contributed by atoms with Gasteiger partial charge in [0.15, 0.2) is 0 Å². The number of para-hydroxylation sites is 1. The number of halogens is 1. The maximum Gasteiger partial charge on any atom is 0.306 e. The number of aliphatic carboxylic acids is 1. The molecule has 0 spiro atoms. The van der Waals surface area contributed by atoms with Gasteiger partial charge < -0.3 is 10.0 Å². The van der Waals surface area contributed by atoms with Crippen LogP contribution < -0.4 is 4.90 Å². The maximum absolute atomic E-state index is 13.5. The number of pyridine rings is 1. The number of sulfone groups is 1. The van der Waals surface area contributed by atoms with Crippen molar-refractivity contribution in [2.75, 3.05) is 18.0 Å². The zero-order chi connectivity index (χ0) is 20.6. The highest BCUT2D eigenvalue weighted by Gasteiger charge is 2.26. The second-order valence-electron chi connectivity index (χ2n) is 7.08. The zero-order valence-electron chi connectivity index (χ0n) is 15.5. The third-order valence-corrected chi connectivity index (χ3v) is 6.98. The van der Waals surface area contributed by atoms with Crippen molar-refractivity contribution in [3.8, 4) is 0 Å². The first-order valence-electron chi connectivity index (χ1n) is 9.23. The first kappa shape index (κ1) is 19.3. The Bertz CT molecular complexity index is 1190. The van der Waals surface area contributed by atoms with Crippen LogP contribution in [0.15, 0.2) is 64.5 Å². The van der Waals surface area contributed by atoms with Gasteiger partial charge in [-0.2, -0.15) is 0 Å². The van der Waals surface area contributed by atoms with Crippen molar-refractivity contribution >= 4 is 32.4 Å². The standard InChI is InChI=1S/C21H19FN2O4S/c22-16-4-2-5-17(12-16)29(27,28)18-11-15-3-1-6-19(20(15)23-13-18)24-9-7-14(8-10-24)21(25)26/h1-6,11-14H,7-10H2,(H,25,26). The number of rotatable bonds is 4. The van der Waals surface area contributed by atoms with Gasteiger partial charge in [-0.15, -0.1) is 0 Å². The van der Waals surface area contributed by atoms with E-state index in [1.165, 1.54) is 30.5 Å². The fraction of sp³-hybridized carbons (Fsp3) is 0.238. The summed E-state index contributed by atoms with van der Waals surface area (Å²) in [6, 6.07) is 11.9. The SMILES string of the molecule is O=C(O)C1CCN(c2cccc3cc(S(=O)(=O)c4cccc(F)c4)cnc23)CC1. The van der Waals surface area contributed by atoms with Gasteiger partial charge in [-0.3, -0.25) is 9.78 Å². The number of nitrogens with zero attached hydrogens (tertiary/aromatic N) is 2. The van der Waals surface area contributed by atoms with Gasteiger partial charge in [0.25, 0.3) is 0 Å². The van der Waals surface area contributed by atoms with Crippen LogP contribution in [0.1, 0.15) is 12.8 Å². The van der Waals surface area contributed by atoms with Crippen molar-refractivity contribution in [2.24, 2.45) is 5.92 Å². The van der Waals surface area contributed by atoms with E-state index in [1.54, 1.807) is 6.07 Å². The van der Waals surface area contributed by atoms with E-state index in [0.29, 0.717) is 36.8 Å². The lowest BCUT2D eigenvalue weighted by Gasteiger charge is -2.32. The molecule has 0 atom stereocenters. The van der Waals surface area contributed by atoms with Crippen LogP contribution in [0.3, 0.4) is 0 Å². The number of anilines is 1. The number of benzene rings is 2. The highest BCUT2D eigenvalue weighted by molar-refractivity contribution is 7.91. The van der Waals surface area contributed by atoms with Crippen LogP contribution >= 0.6 is 0 Å². The minimum Gasteiger partial charge on any atom is -0.481 e. The summed E-state index contributed by atoms with van der Waals surface area (Å²) in [7, 11) is -3.89. The normalized spacial score (nSPS) is 15.6. The summed E-state index contributed by atoms with van der Waals surface area (Å²) in [5, 5.41) is 9.83. The van der Waals surface area contributed by atoms with E-state index < -0.39 is 21.6 Å². The number of fused-ring (bicyclic) bond motifs is 1. The number of carboxylic acids is 1. The summed E-state index contributed by atoms with van der Waals surface area (Å²) in [6.07, 6.45) is 2.39. The van der Waals surface area contributed by atoms with Crippen molar-refractivity contribution in [3.05, 3.63) is 60.5 Å². The molecule has 0 saturated carbocycles. The van der Waals surface area contributed by atoms with E-state index in [0.717, 1.165) is 11.8 Å². The van der Waals surface area contributed by atoms with Crippen LogP contribution in [-0.2, 0) is 14.6 Å². The fourth-order valence-electron chi connectivity index (χ4n) is 3.66. The topological polar surface area (TPSA) is 87.6 Å². The maximum atomic E-state index is 13.5. The van der Waals surface area contributed by atoms with Crippen LogP contribution in [0.4, 0.5) is 10.1 Å². The van der Waals surface area contributed by atoms with E-state index >= 15 is 0 Å². The molecule has 1 fully saturated rings. The minimum absolute atomic E-state index is 0.00247. The van der Waals surface area contributed by atoms with Crippen LogP contribution in [0, 0.1) is 11.7 Å². The number of hydrogen-bond donors (Lipinski definition) is 1. The van der Waals surface area contributed by atoms with Crippen molar-refractivity contribution in [2.45, 2.75) is 22.6 Å². The predicted octanol–water partition coefficient (Wildman–Crippen LogP) is 3.51. The molecule has 1 aromatic heterocycles. The van der Waals surface area contributed by atoms with Crippen molar-refractivity contribution < 1.29 is 22.7 Å². The molecule has 0 radical (unpaired) electrons. The molecule has 1 saturated heterocycles. The van der Waals surface area contributed by atoms with Crippen LogP contribution in [0.5, 0.6) is 0 Å². The van der Waals surface area contributed by atoms with Gasteiger partial charge in [0.05, 0.1) is 26.9 Å². The fourth-order valence-corrected chi connectivity index (χ4v) is 4.94. The molecule has 1 N–H and O–H groups in total. The highest BCUT2D eigenvalue weighted by Crippen LogP contribution is 2.31. The molecular formula is C21H19FN2O4S. The Morgan fingerprint density at radius 1 is 1.07 bits per heavy atom. The largest absolute Gasteiger partial charge is 0.481 e. The monoisotopic (exact) mass is 414 g/mol. The molecule has 2 heterocycles. The van der Waals surface area contributed by atoms with Crippen molar-refractivity contribution in [1.82, 2.24) is 4.98 Å². The molecule has 0 aliphatic carbocycles. The number of hydrogen-bond acceptors (Lipinski definition) is 5. The van der Waals surface area contributed by atoms with E-state index in [-0.39, 0.29) is 15.7 Å². The Morgan fingerprint density at radius 2 is 1.79 bits per heavy atom. The Labute approximate surface area is 167 Å². The first-order chi connectivity index (χ1) is 13.9. The molecule has 150 valence electrons. The minimum atomic E-state index is -3.89. The summed E-state index contributed by atoms with van der Waals surface area (Å²) in [5.74, 6) is -1.73. The highest BCUT2D eigenvalue weighted by atomic mass is 32.2. The number of piperidine rings is 1. The van der Waals surface area contributed by atoms with Gasteiger partial charge in [-0.1, -0.05) is 18.2 Å². The molecule has 3 aromatic rings. The molecule has 0 bridgehead atoms. The average molecular weight is 414 g/mol. The lowest BCUT2D eigenvalue weighted by Crippen LogP contribution is -2.36. The molecule has 29 heavy (non-hydrogen) atoms. The number of aromatic nitrogens is 1. The number of carbonyl (C=O) groups is 1. The van der Waals surface area contributed by atoms with Gasteiger partial charge in [-0.25, -0.2) is 12.8 Å². The molecule has 2 aromatic carbocycles. The third-order valence-electron chi connectivity index (χ3n) is 5.27. The second-order valence-corrected chi connectivity index (χ2v) is 9.03. The van der Waals surface area contributed by atoms with E-state index in [2.05, 4.69) is 9.88 Å². The van der Waals surface area contributed by atoms with E-state index in [4.69, 9.17) is 0 Å². The molecule has 0 amide bonds. The van der Waals surface area contributed by atoms with Crippen LogP contribution in [-0.4, -0.2) is 37.6 Å². The Balaban J connectivity index is 1.69. The Hall–Kier alpha value is -3.00. The number of carboxylic acid groups (broad SMARTS) is 1. The molecule has 1 aliphatic heterocycles. The zero-order valence-corrected chi connectivity index (χ0v) is 16.3. The summed E-state index contributed by atoms with van der Waals surface area (Å²) in [5.41, 5.74) is 1.50. The summed E-state index contributed by atoms with van der Waals surface area (Å²) in [6.45, 7) is 1.20. The van der Waals surface area contributed by atoms with Crippen LogP contribution in [0.25, 0.3) is 10.9 Å².